The number of carbonyl (C=O) groups is 1. The average Bonchev–Trinajstić information content (AvgIpc) is 3.13. The molecule has 9 nitrogen and oxygen atoms in total. The van der Waals surface area contributed by atoms with Crippen molar-refractivity contribution in [3.8, 4) is 0 Å². The zero-order valence-corrected chi connectivity index (χ0v) is 15.6. The van der Waals surface area contributed by atoms with Gasteiger partial charge in [0.25, 0.3) is 0 Å². The monoisotopic (exact) mass is 370 g/mol. The van der Waals surface area contributed by atoms with Crippen LogP contribution in [-0.4, -0.2) is 53.3 Å². The average molecular weight is 370 g/mol. The summed E-state index contributed by atoms with van der Waals surface area (Å²) in [6, 6.07) is 1.89. The highest BCUT2D eigenvalue weighted by Crippen LogP contribution is 2.18. The quantitative estimate of drug-likeness (QED) is 0.624. The van der Waals surface area contributed by atoms with E-state index in [1.807, 2.05) is 10.7 Å². The molecule has 3 atom stereocenters. The van der Waals surface area contributed by atoms with Crippen LogP contribution in [0.1, 0.15) is 31.7 Å². The minimum Gasteiger partial charge on any atom is -0.349 e. The van der Waals surface area contributed by atoms with Crippen molar-refractivity contribution < 1.29 is 13.2 Å². The molecule has 0 spiro atoms. The van der Waals surface area contributed by atoms with Crippen LogP contribution in [0.3, 0.4) is 0 Å². The van der Waals surface area contributed by atoms with E-state index in [2.05, 4.69) is 35.1 Å². The molecular weight excluding hydrogens is 344 g/mol. The summed E-state index contributed by atoms with van der Waals surface area (Å²) in [7, 11) is -3.20. The SMILES string of the molecule is CCC1NNC(C(=O)NCc2cc3n(n2)CCN(S(C)(=O)=O)C3)C1C. The molecule has 3 rings (SSSR count). The third-order valence-corrected chi connectivity index (χ3v) is 6.28. The fourth-order valence-electron chi connectivity index (χ4n) is 3.43. The van der Waals surface area contributed by atoms with Gasteiger partial charge < -0.3 is 5.32 Å². The highest BCUT2D eigenvalue weighted by atomic mass is 32.2. The number of sulfonamides is 1. The van der Waals surface area contributed by atoms with Gasteiger partial charge in [-0.1, -0.05) is 13.8 Å². The smallest absolute Gasteiger partial charge is 0.239 e. The topological polar surface area (TPSA) is 108 Å². The molecule has 0 bridgehead atoms. The Balaban J connectivity index is 1.59. The van der Waals surface area contributed by atoms with E-state index in [1.165, 1.54) is 10.6 Å². The highest BCUT2D eigenvalue weighted by Gasteiger charge is 2.35. The fourth-order valence-corrected chi connectivity index (χ4v) is 4.21. The first-order chi connectivity index (χ1) is 11.8. The number of fused-ring (bicyclic) bond motifs is 1. The Kier molecular flexibility index (Phi) is 5.14. The number of amides is 1. The van der Waals surface area contributed by atoms with E-state index < -0.39 is 10.0 Å². The minimum absolute atomic E-state index is 0.0558. The van der Waals surface area contributed by atoms with Gasteiger partial charge in [-0.2, -0.15) is 9.40 Å². The van der Waals surface area contributed by atoms with Crippen LogP contribution >= 0.6 is 0 Å². The summed E-state index contributed by atoms with van der Waals surface area (Å²) in [5.74, 6) is 0.156. The molecule has 0 radical (unpaired) electrons. The Morgan fingerprint density at radius 2 is 2.16 bits per heavy atom. The predicted molar refractivity (Wildman–Crippen MR) is 92.6 cm³/mol. The molecular formula is C15H26N6O3S. The van der Waals surface area contributed by atoms with E-state index in [1.54, 1.807) is 0 Å². The van der Waals surface area contributed by atoms with Crippen LogP contribution in [0, 0.1) is 5.92 Å². The number of hydrazine groups is 1. The first-order valence-corrected chi connectivity index (χ1v) is 10.4. The van der Waals surface area contributed by atoms with Crippen molar-refractivity contribution in [2.75, 3.05) is 12.8 Å². The molecule has 1 saturated heterocycles. The van der Waals surface area contributed by atoms with Gasteiger partial charge in [-0.3, -0.25) is 14.9 Å². The first kappa shape index (κ1) is 18.3. The number of carbonyl (C=O) groups excluding carboxylic acids is 1. The molecule has 1 amide bonds. The molecule has 140 valence electrons. The molecule has 1 aromatic rings. The van der Waals surface area contributed by atoms with Gasteiger partial charge in [0.2, 0.25) is 15.9 Å². The Morgan fingerprint density at radius 1 is 1.40 bits per heavy atom. The number of hydrogen-bond donors (Lipinski definition) is 3. The van der Waals surface area contributed by atoms with Gasteiger partial charge in [0.15, 0.2) is 0 Å². The Bertz CT molecular complexity index is 746. The molecule has 1 fully saturated rings. The van der Waals surface area contributed by atoms with Crippen molar-refractivity contribution in [2.24, 2.45) is 5.92 Å². The maximum absolute atomic E-state index is 12.4. The predicted octanol–water partition coefficient (Wildman–Crippen LogP) is -0.834. The first-order valence-electron chi connectivity index (χ1n) is 8.59. The second-order valence-corrected chi connectivity index (χ2v) is 8.79. The van der Waals surface area contributed by atoms with E-state index in [4.69, 9.17) is 0 Å². The molecule has 2 aliphatic heterocycles. The van der Waals surface area contributed by atoms with Crippen molar-refractivity contribution in [2.45, 2.75) is 52.0 Å². The van der Waals surface area contributed by atoms with Crippen LogP contribution in [-0.2, 0) is 34.5 Å². The van der Waals surface area contributed by atoms with Crippen molar-refractivity contribution >= 4 is 15.9 Å². The second kappa shape index (κ2) is 7.02. The number of nitrogens with one attached hydrogen (secondary N) is 3. The van der Waals surface area contributed by atoms with Crippen LogP contribution in [0.25, 0.3) is 0 Å². The number of hydrogen-bond acceptors (Lipinski definition) is 6. The summed E-state index contributed by atoms with van der Waals surface area (Å²) in [6.07, 6.45) is 2.18. The lowest BCUT2D eigenvalue weighted by molar-refractivity contribution is -0.123. The van der Waals surface area contributed by atoms with E-state index >= 15 is 0 Å². The minimum atomic E-state index is -3.20. The van der Waals surface area contributed by atoms with Gasteiger partial charge in [-0.25, -0.2) is 13.8 Å². The van der Waals surface area contributed by atoms with Gasteiger partial charge in [-0.15, -0.1) is 0 Å². The molecule has 0 aliphatic carbocycles. The van der Waals surface area contributed by atoms with Crippen LogP contribution in [0.2, 0.25) is 0 Å². The van der Waals surface area contributed by atoms with E-state index in [9.17, 15) is 13.2 Å². The summed E-state index contributed by atoms with van der Waals surface area (Å²) in [5, 5.41) is 7.38. The zero-order chi connectivity index (χ0) is 18.2. The van der Waals surface area contributed by atoms with Gasteiger partial charge in [0.05, 0.1) is 37.3 Å². The molecule has 3 N–H and O–H groups in total. The van der Waals surface area contributed by atoms with Crippen molar-refractivity contribution in [3.63, 3.8) is 0 Å². The Morgan fingerprint density at radius 3 is 2.80 bits per heavy atom. The molecule has 3 unspecified atom stereocenters. The molecule has 10 heteroatoms. The molecule has 2 aliphatic rings. The van der Waals surface area contributed by atoms with Crippen LogP contribution < -0.4 is 16.2 Å². The Labute approximate surface area is 148 Å². The molecule has 0 aromatic carbocycles. The zero-order valence-electron chi connectivity index (χ0n) is 14.8. The number of aromatic nitrogens is 2. The molecule has 3 heterocycles. The van der Waals surface area contributed by atoms with Gasteiger partial charge in [-0.05, 0) is 18.4 Å². The lowest BCUT2D eigenvalue weighted by Crippen LogP contribution is -2.45. The summed E-state index contributed by atoms with van der Waals surface area (Å²) in [4.78, 5) is 12.4. The van der Waals surface area contributed by atoms with Crippen molar-refractivity contribution in [1.29, 1.82) is 0 Å². The number of nitrogens with zero attached hydrogens (tertiary/aromatic N) is 3. The normalized spacial score (nSPS) is 27.2. The van der Waals surface area contributed by atoms with E-state index in [0.717, 1.165) is 17.8 Å². The fraction of sp³-hybridized carbons (Fsp3) is 0.733. The van der Waals surface area contributed by atoms with Crippen molar-refractivity contribution in [1.82, 2.24) is 30.3 Å². The maximum Gasteiger partial charge on any atom is 0.239 e. The van der Waals surface area contributed by atoms with Gasteiger partial charge in [0.1, 0.15) is 6.04 Å². The third kappa shape index (κ3) is 3.86. The summed E-state index contributed by atoms with van der Waals surface area (Å²) in [6.45, 7) is 5.75. The second-order valence-electron chi connectivity index (χ2n) is 6.80. The maximum atomic E-state index is 12.4. The Hall–Kier alpha value is -1.49. The molecule has 25 heavy (non-hydrogen) atoms. The van der Waals surface area contributed by atoms with Crippen LogP contribution in [0.4, 0.5) is 0 Å². The summed E-state index contributed by atoms with van der Waals surface area (Å²) in [5.41, 5.74) is 7.79. The third-order valence-electron chi connectivity index (χ3n) is 5.03. The highest BCUT2D eigenvalue weighted by molar-refractivity contribution is 7.88. The van der Waals surface area contributed by atoms with E-state index in [0.29, 0.717) is 26.2 Å². The van der Waals surface area contributed by atoms with Gasteiger partial charge in [0, 0.05) is 12.6 Å². The lowest BCUT2D eigenvalue weighted by Gasteiger charge is -2.25. The van der Waals surface area contributed by atoms with Crippen molar-refractivity contribution in [3.05, 3.63) is 17.5 Å². The molecule has 1 aromatic heterocycles. The summed E-state index contributed by atoms with van der Waals surface area (Å²) >= 11 is 0. The molecule has 0 saturated carbocycles. The lowest BCUT2D eigenvalue weighted by atomic mass is 9.94. The summed E-state index contributed by atoms with van der Waals surface area (Å²) < 4.78 is 26.6. The van der Waals surface area contributed by atoms with Crippen LogP contribution in [0.5, 0.6) is 0 Å². The standard InChI is InChI=1S/C15H26N6O3S/c1-4-13-10(2)14(18-17-13)15(22)16-8-11-7-12-9-20(25(3,23)24)5-6-21(12)19-11/h7,10,13-14,17-18H,4-6,8-9H2,1-3H3,(H,16,22). The number of rotatable bonds is 5. The largest absolute Gasteiger partial charge is 0.349 e. The van der Waals surface area contributed by atoms with Crippen LogP contribution in [0.15, 0.2) is 6.07 Å². The van der Waals surface area contributed by atoms with Gasteiger partial charge >= 0.3 is 0 Å². The van der Waals surface area contributed by atoms with E-state index in [-0.39, 0.29) is 23.9 Å².